The number of thioether (sulfide) groups is 2. The fraction of sp³-hybridized carbons (Fsp3) is 0.583. The van der Waals surface area contributed by atoms with E-state index in [2.05, 4.69) is 10.5 Å². The monoisotopic (exact) mass is 318 g/mol. The van der Waals surface area contributed by atoms with Gasteiger partial charge in [0.05, 0.1) is 17.2 Å². The second-order valence-electron chi connectivity index (χ2n) is 4.09. The molecule has 0 radical (unpaired) electrons. The van der Waals surface area contributed by atoms with Crippen molar-refractivity contribution in [1.29, 1.82) is 0 Å². The minimum absolute atomic E-state index is 0.0438. The number of aryl methyl sites for hydroxylation is 2. The van der Waals surface area contributed by atoms with E-state index in [0.29, 0.717) is 23.8 Å². The lowest BCUT2D eigenvalue weighted by atomic mass is 10.2. The van der Waals surface area contributed by atoms with E-state index in [4.69, 9.17) is 9.63 Å². The van der Waals surface area contributed by atoms with Gasteiger partial charge in [0.2, 0.25) is 5.91 Å². The highest BCUT2D eigenvalue weighted by atomic mass is 32.2. The molecule has 112 valence electrons. The quantitative estimate of drug-likeness (QED) is 0.666. The van der Waals surface area contributed by atoms with E-state index in [1.54, 1.807) is 0 Å². The maximum absolute atomic E-state index is 11.5. The molecular weight excluding hydrogens is 300 g/mol. The molecule has 20 heavy (non-hydrogen) atoms. The molecule has 0 aliphatic rings. The predicted octanol–water partition coefficient (Wildman–Crippen LogP) is 1.46. The molecule has 0 atom stereocenters. The third-order valence-electron chi connectivity index (χ3n) is 2.45. The minimum atomic E-state index is -0.837. The number of carboxylic acids is 1. The molecule has 1 aromatic heterocycles. The van der Waals surface area contributed by atoms with Crippen molar-refractivity contribution in [3.63, 3.8) is 0 Å². The lowest BCUT2D eigenvalue weighted by molar-refractivity contribution is -0.133. The second kappa shape index (κ2) is 8.91. The van der Waals surface area contributed by atoms with E-state index in [1.807, 2.05) is 13.8 Å². The van der Waals surface area contributed by atoms with Crippen molar-refractivity contribution in [2.75, 3.05) is 23.8 Å². The first kappa shape index (κ1) is 16.9. The van der Waals surface area contributed by atoms with Gasteiger partial charge in [0.1, 0.15) is 5.76 Å². The van der Waals surface area contributed by atoms with Gasteiger partial charge in [-0.3, -0.25) is 9.59 Å². The van der Waals surface area contributed by atoms with E-state index < -0.39 is 5.97 Å². The van der Waals surface area contributed by atoms with Gasteiger partial charge < -0.3 is 14.9 Å². The Morgan fingerprint density at radius 2 is 2.05 bits per heavy atom. The van der Waals surface area contributed by atoms with Crippen molar-refractivity contribution in [2.45, 2.75) is 19.6 Å². The molecule has 0 unspecified atom stereocenters. The number of nitrogens with one attached hydrogen (secondary N) is 1. The smallest absolute Gasteiger partial charge is 0.313 e. The highest BCUT2D eigenvalue weighted by molar-refractivity contribution is 8.00. The SMILES string of the molecule is Cc1noc(C)c1CSCC(=O)NCCSCC(=O)O. The molecule has 0 aliphatic heterocycles. The third kappa shape index (κ3) is 6.33. The van der Waals surface area contributed by atoms with Crippen molar-refractivity contribution < 1.29 is 19.2 Å². The van der Waals surface area contributed by atoms with E-state index in [-0.39, 0.29) is 11.7 Å². The lowest BCUT2D eigenvalue weighted by Crippen LogP contribution is -2.27. The molecule has 0 aliphatic carbocycles. The van der Waals surface area contributed by atoms with Crippen LogP contribution in [0.1, 0.15) is 17.0 Å². The number of aromatic nitrogens is 1. The van der Waals surface area contributed by atoms with Gasteiger partial charge in [-0.2, -0.15) is 0 Å². The maximum atomic E-state index is 11.5. The predicted molar refractivity (Wildman–Crippen MR) is 80.1 cm³/mol. The zero-order valence-corrected chi connectivity index (χ0v) is 13.1. The Kier molecular flexibility index (Phi) is 7.53. The summed E-state index contributed by atoms with van der Waals surface area (Å²) >= 11 is 2.79. The lowest BCUT2D eigenvalue weighted by Gasteiger charge is -2.04. The first-order valence-electron chi connectivity index (χ1n) is 6.06. The normalized spacial score (nSPS) is 10.5. The first-order chi connectivity index (χ1) is 9.50. The molecule has 2 N–H and O–H groups in total. The van der Waals surface area contributed by atoms with Gasteiger partial charge in [0, 0.05) is 23.6 Å². The Bertz CT molecular complexity index is 443. The zero-order valence-electron chi connectivity index (χ0n) is 11.5. The fourth-order valence-electron chi connectivity index (χ4n) is 1.43. The van der Waals surface area contributed by atoms with Gasteiger partial charge in [-0.1, -0.05) is 5.16 Å². The molecule has 1 heterocycles. The van der Waals surface area contributed by atoms with E-state index >= 15 is 0 Å². The zero-order chi connectivity index (χ0) is 15.0. The van der Waals surface area contributed by atoms with E-state index in [0.717, 1.165) is 17.0 Å². The van der Waals surface area contributed by atoms with Crippen molar-refractivity contribution >= 4 is 35.4 Å². The van der Waals surface area contributed by atoms with Crippen molar-refractivity contribution in [3.05, 3.63) is 17.0 Å². The Balaban J connectivity index is 2.10. The van der Waals surface area contributed by atoms with Crippen molar-refractivity contribution in [2.24, 2.45) is 0 Å². The van der Waals surface area contributed by atoms with Crippen LogP contribution in [0.25, 0.3) is 0 Å². The molecule has 0 spiro atoms. The van der Waals surface area contributed by atoms with Crippen LogP contribution in [0.15, 0.2) is 4.52 Å². The summed E-state index contributed by atoms with van der Waals surface area (Å²) in [5.41, 5.74) is 1.90. The van der Waals surface area contributed by atoms with Crippen LogP contribution in [0, 0.1) is 13.8 Å². The Hall–Kier alpha value is -1.15. The summed E-state index contributed by atoms with van der Waals surface area (Å²) in [5.74, 6) is 1.65. The number of carboxylic acid groups (broad SMARTS) is 1. The highest BCUT2D eigenvalue weighted by Crippen LogP contribution is 2.19. The average molecular weight is 318 g/mol. The summed E-state index contributed by atoms with van der Waals surface area (Å²) in [6.07, 6.45) is 0. The molecule has 1 amide bonds. The van der Waals surface area contributed by atoms with Gasteiger partial charge in [-0.05, 0) is 13.8 Å². The molecule has 6 nitrogen and oxygen atoms in total. The van der Waals surface area contributed by atoms with E-state index in [9.17, 15) is 9.59 Å². The summed E-state index contributed by atoms with van der Waals surface area (Å²) in [7, 11) is 0. The Morgan fingerprint density at radius 1 is 1.30 bits per heavy atom. The van der Waals surface area contributed by atoms with E-state index in [1.165, 1.54) is 23.5 Å². The fourth-order valence-corrected chi connectivity index (χ4v) is 3.00. The Morgan fingerprint density at radius 3 is 2.65 bits per heavy atom. The number of rotatable bonds is 9. The van der Waals surface area contributed by atoms with Gasteiger partial charge in [-0.15, -0.1) is 23.5 Å². The van der Waals surface area contributed by atoms with Crippen LogP contribution >= 0.6 is 23.5 Å². The molecular formula is C12H18N2O4S2. The number of amides is 1. The summed E-state index contributed by atoms with van der Waals surface area (Å²) in [4.78, 5) is 21.8. The molecule has 0 bridgehead atoms. The summed E-state index contributed by atoms with van der Waals surface area (Å²) in [6, 6.07) is 0. The molecule has 0 saturated carbocycles. The van der Waals surface area contributed by atoms with Crippen LogP contribution in [0.3, 0.4) is 0 Å². The topological polar surface area (TPSA) is 92.4 Å². The summed E-state index contributed by atoms with van der Waals surface area (Å²) < 4.78 is 5.05. The highest BCUT2D eigenvalue weighted by Gasteiger charge is 2.09. The van der Waals surface area contributed by atoms with Crippen LogP contribution in [-0.2, 0) is 15.3 Å². The van der Waals surface area contributed by atoms with Gasteiger partial charge >= 0.3 is 5.97 Å². The second-order valence-corrected chi connectivity index (χ2v) is 6.18. The number of nitrogens with zero attached hydrogens (tertiary/aromatic N) is 1. The number of carbonyl (C=O) groups excluding carboxylic acids is 1. The van der Waals surface area contributed by atoms with Crippen LogP contribution < -0.4 is 5.32 Å². The van der Waals surface area contributed by atoms with Crippen LogP contribution in [-0.4, -0.2) is 45.9 Å². The number of hydrogen-bond donors (Lipinski definition) is 2. The average Bonchev–Trinajstić information content (AvgIpc) is 2.69. The number of carbonyl (C=O) groups is 2. The van der Waals surface area contributed by atoms with Crippen LogP contribution in [0.5, 0.6) is 0 Å². The van der Waals surface area contributed by atoms with Crippen molar-refractivity contribution in [3.8, 4) is 0 Å². The molecule has 1 aromatic rings. The van der Waals surface area contributed by atoms with Crippen LogP contribution in [0.4, 0.5) is 0 Å². The minimum Gasteiger partial charge on any atom is -0.481 e. The standard InChI is InChI=1S/C12H18N2O4S2/c1-8-10(9(2)18-14-8)5-20-6-11(15)13-3-4-19-7-12(16)17/h3-7H2,1-2H3,(H,13,15)(H,16,17). The van der Waals surface area contributed by atoms with Gasteiger partial charge in [-0.25, -0.2) is 0 Å². The van der Waals surface area contributed by atoms with Gasteiger partial charge in [0.15, 0.2) is 0 Å². The number of aliphatic carboxylic acids is 1. The van der Waals surface area contributed by atoms with Crippen LogP contribution in [0.2, 0.25) is 0 Å². The maximum Gasteiger partial charge on any atom is 0.313 e. The summed E-state index contributed by atoms with van der Waals surface area (Å²) in [6.45, 7) is 4.23. The van der Waals surface area contributed by atoms with Gasteiger partial charge in [0.25, 0.3) is 0 Å². The molecule has 0 fully saturated rings. The molecule has 8 heteroatoms. The summed E-state index contributed by atoms with van der Waals surface area (Å²) in [5, 5.41) is 15.1. The molecule has 1 rings (SSSR count). The first-order valence-corrected chi connectivity index (χ1v) is 8.37. The molecule has 0 saturated heterocycles. The Labute approximate surface area is 126 Å². The largest absolute Gasteiger partial charge is 0.481 e. The van der Waals surface area contributed by atoms with Crippen molar-refractivity contribution in [1.82, 2.24) is 10.5 Å². The number of hydrogen-bond acceptors (Lipinski definition) is 6. The molecule has 0 aromatic carbocycles. The third-order valence-corrected chi connectivity index (χ3v) is 4.36.